The van der Waals surface area contributed by atoms with Crippen LogP contribution in [0.5, 0.6) is 5.75 Å². The zero-order valence-corrected chi connectivity index (χ0v) is 37.7. The number of halogens is 1. The number of carbonyl (C=O) groups excluding carboxylic acids is 2. The van der Waals surface area contributed by atoms with Crippen molar-refractivity contribution in [2.45, 2.75) is 63.8 Å². The Morgan fingerprint density at radius 2 is 1.48 bits per heavy atom. The Kier molecular flexibility index (Phi) is 14.9. The van der Waals surface area contributed by atoms with E-state index in [0.717, 1.165) is 5.56 Å². The molecule has 4 aromatic carbocycles. The first kappa shape index (κ1) is 44.6. The number of hydrogen-bond donors (Lipinski definition) is 0. The Morgan fingerprint density at radius 1 is 0.867 bits per heavy atom. The van der Waals surface area contributed by atoms with Gasteiger partial charge in [-0.1, -0.05) is 118 Å². The number of aryl methyl sites for hydroxylation is 1. The number of carbonyl (C=O) groups is 2. The van der Waals surface area contributed by atoms with Crippen molar-refractivity contribution in [2.75, 3.05) is 39.6 Å². The van der Waals surface area contributed by atoms with Gasteiger partial charge in [0.15, 0.2) is 0 Å². The molecule has 12 heteroatoms. The maximum atomic E-state index is 14.4. The van der Waals surface area contributed by atoms with E-state index in [1.807, 2.05) is 72.8 Å². The summed E-state index contributed by atoms with van der Waals surface area (Å²) in [4.78, 5) is 33.9. The number of nitrogens with zero attached hydrogens (tertiary/aromatic N) is 1. The molecule has 2 heterocycles. The molecule has 0 bridgehead atoms. The first-order valence-corrected chi connectivity index (χ1v) is 22.8. The van der Waals surface area contributed by atoms with Crippen LogP contribution in [0.1, 0.15) is 56.7 Å². The van der Waals surface area contributed by atoms with Crippen molar-refractivity contribution in [1.29, 1.82) is 0 Å². The van der Waals surface area contributed by atoms with Crippen molar-refractivity contribution >= 4 is 52.2 Å². The number of hydroxylamine groups is 1. The largest absolute Gasteiger partial charge is 0.497 e. The van der Waals surface area contributed by atoms with Gasteiger partial charge in [-0.25, -0.2) is 9.86 Å². The number of ether oxygens (including phenoxy) is 4. The number of hydrogen-bond acceptors (Lipinski definition) is 10. The van der Waals surface area contributed by atoms with Crippen molar-refractivity contribution in [2.24, 2.45) is 5.41 Å². The van der Waals surface area contributed by atoms with Crippen molar-refractivity contribution in [1.82, 2.24) is 0 Å². The maximum absolute atomic E-state index is 14.4. The van der Waals surface area contributed by atoms with E-state index in [-0.39, 0.29) is 18.1 Å². The Balaban J connectivity index is 1.35. The summed E-state index contributed by atoms with van der Waals surface area (Å²) in [6, 6.07) is 39.2. The van der Waals surface area contributed by atoms with Gasteiger partial charge in [0.05, 0.1) is 44.7 Å². The van der Waals surface area contributed by atoms with Crippen molar-refractivity contribution in [3.63, 3.8) is 0 Å². The third-order valence-corrected chi connectivity index (χ3v) is 16.6. The maximum Gasteiger partial charge on any atom is 0.330 e. The van der Waals surface area contributed by atoms with E-state index in [9.17, 15) is 9.59 Å². The average Bonchev–Trinajstić information content (AvgIpc) is 3.64. The molecule has 60 heavy (non-hydrogen) atoms. The van der Waals surface area contributed by atoms with Gasteiger partial charge in [-0.15, -0.1) is 0 Å². The molecule has 0 spiro atoms. The molecule has 0 unspecified atom stereocenters. The van der Waals surface area contributed by atoms with Gasteiger partial charge in [0.2, 0.25) is 0 Å². The van der Waals surface area contributed by atoms with E-state index in [4.69, 9.17) is 32.6 Å². The normalized spacial score (nSPS) is 18.4. The van der Waals surface area contributed by atoms with Gasteiger partial charge in [0.1, 0.15) is 34.8 Å². The van der Waals surface area contributed by atoms with E-state index >= 15 is 0 Å². The molecule has 0 radical (unpaired) electrons. The number of anilines is 1. The molecule has 1 aliphatic rings. The van der Waals surface area contributed by atoms with Gasteiger partial charge in [0, 0.05) is 25.5 Å². The van der Waals surface area contributed by atoms with Crippen LogP contribution >= 0.6 is 15.9 Å². The summed E-state index contributed by atoms with van der Waals surface area (Å²) in [6.07, 6.45) is 3.45. The van der Waals surface area contributed by atoms with Crippen molar-refractivity contribution < 1.29 is 42.2 Å². The predicted molar refractivity (Wildman–Crippen MR) is 238 cm³/mol. The van der Waals surface area contributed by atoms with Crippen LogP contribution in [0.25, 0.3) is 0 Å². The molecule has 1 fully saturated rings. The SMILES string of the molecule is COC(=O)/C=C/[C@]1(C(=O)OC)C[C@H](COCc2ccccc2)ON(c2ccc(OC)cc2)[C@H]1c1oc(CCCO[Si](c2ccccc2)(c2ccccc2)C(C)(C)C)cc1Br. The van der Waals surface area contributed by atoms with Gasteiger partial charge in [0.25, 0.3) is 8.32 Å². The lowest BCUT2D eigenvalue weighted by Crippen LogP contribution is -2.66. The fraction of sp³-hybridized carbons (Fsp3) is 0.333. The van der Waals surface area contributed by atoms with Crippen LogP contribution in [-0.4, -0.2) is 60.9 Å². The molecule has 0 N–H and O–H groups in total. The highest BCUT2D eigenvalue weighted by Gasteiger charge is 2.57. The molecule has 1 saturated heterocycles. The molecule has 5 aromatic rings. The standard InChI is InChI=1S/C48H54BrNO9Si/c1-47(2,3)60(40-20-12-8-13-21-40,41-22-14-9-15-23-41)57-30-16-19-38-31-42(49)44(58-38)45-48(46(52)55-6,29-28-43(51)54-5)32-39(34-56-33-35-17-10-7-11-18-35)59-50(45)36-24-26-37(53-4)27-25-36/h7-15,17-18,20-29,31,39,45H,16,19,30,32-34H2,1-6H3/b29-28+/t39-,45+,48+/m1/s1. The Labute approximate surface area is 362 Å². The summed E-state index contributed by atoms with van der Waals surface area (Å²) in [6.45, 7) is 7.75. The van der Waals surface area contributed by atoms with Gasteiger partial charge in [-0.3, -0.25) is 9.63 Å². The minimum absolute atomic E-state index is 0.0913. The number of esters is 2. The van der Waals surface area contributed by atoms with Crippen LogP contribution < -0.4 is 20.2 Å². The van der Waals surface area contributed by atoms with E-state index < -0.39 is 37.8 Å². The van der Waals surface area contributed by atoms with Crippen LogP contribution in [0.4, 0.5) is 5.69 Å². The van der Waals surface area contributed by atoms with Crippen LogP contribution in [0.2, 0.25) is 5.04 Å². The number of furan rings is 1. The molecule has 1 aromatic heterocycles. The van der Waals surface area contributed by atoms with E-state index in [1.165, 1.54) is 30.7 Å². The van der Waals surface area contributed by atoms with E-state index in [1.54, 1.807) is 18.2 Å². The smallest absolute Gasteiger partial charge is 0.330 e. The molecule has 0 aliphatic carbocycles. The van der Waals surface area contributed by atoms with Crippen LogP contribution in [-0.2, 0) is 46.1 Å². The van der Waals surface area contributed by atoms with Crippen molar-refractivity contribution in [3.8, 4) is 5.75 Å². The zero-order chi connectivity index (χ0) is 42.8. The second-order valence-electron chi connectivity index (χ2n) is 15.8. The summed E-state index contributed by atoms with van der Waals surface area (Å²) in [5.41, 5.74) is 0.0789. The second kappa shape index (κ2) is 20.1. The molecular formula is C48H54BrNO9Si. The lowest BCUT2D eigenvalue weighted by Gasteiger charge is -2.48. The lowest BCUT2D eigenvalue weighted by molar-refractivity contribution is -0.167. The summed E-state index contributed by atoms with van der Waals surface area (Å²) >= 11 is 3.79. The fourth-order valence-electron chi connectivity index (χ4n) is 8.08. The van der Waals surface area contributed by atoms with Gasteiger partial charge in [-0.05, 0) is 73.7 Å². The Hall–Kier alpha value is -4.98. The molecule has 0 saturated carbocycles. The molecule has 1 aliphatic heterocycles. The molecule has 6 rings (SSSR count). The minimum Gasteiger partial charge on any atom is -0.497 e. The molecular weight excluding hydrogens is 843 g/mol. The topological polar surface area (TPSA) is 106 Å². The molecule has 3 atom stereocenters. The molecule has 316 valence electrons. The zero-order valence-electron chi connectivity index (χ0n) is 35.1. The number of rotatable bonds is 17. The Bertz CT molecular complexity index is 2140. The first-order valence-electron chi connectivity index (χ1n) is 20.1. The van der Waals surface area contributed by atoms with Gasteiger partial charge >= 0.3 is 11.9 Å². The summed E-state index contributed by atoms with van der Waals surface area (Å²) in [5, 5.41) is 3.91. The highest BCUT2D eigenvalue weighted by atomic mass is 79.9. The quantitative estimate of drug-likeness (QED) is 0.0389. The molecule has 0 amide bonds. The lowest BCUT2D eigenvalue weighted by atomic mass is 9.72. The monoisotopic (exact) mass is 895 g/mol. The third kappa shape index (κ3) is 9.80. The average molecular weight is 897 g/mol. The second-order valence-corrected chi connectivity index (χ2v) is 20.9. The third-order valence-electron chi connectivity index (χ3n) is 10.9. The van der Waals surface area contributed by atoms with Crippen LogP contribution in [0.3, 0.4) is 0 Å². The number of methoxy groups -OCH3 is 3. The Morgan fingerprint density at radius 3 is 2.05 bits per heavy atom. The van der Waals surface area contributed by atoms with E-state index in [0.29, 0.717) is 53.5 Å². The summed E-state index contributed by atoms with van der Waals surface area (Å²) < 4.78 is 36.7. The summed E-state index contributed by atoms with van der Waals surface area (Å²) in [7, 11) is 1.46. The number of benzene rings is 4. The van der Waals surface area contributed by atoms with Crippen LogP contribution in [0.15, 0.2) is 142 Å². The van der Waals surface area contributed by atoms with E-state index in [2.05, 4.69) is 85.2 Å². The summed E-state index contributed by atoms with van der Waals surface area (Å²) in [5.74, 6) is 0.517. The molecule has 10 nitrogen and oxygen atoms in total. The fourth-order valence-corrected chi connectivity index (χ4v) is 13.2. The van der Waals surface area contributed by atoms with Gasteiger partial charge < -0.3 is 27.8 Å². The minimum atomic E-state index is -2.75. The van der Waals surface area contributed by atoms with Crippen LogP contribution in [0, 0.1) is 5.41 Å². The predicted octanol–water partition coefficient (Wildman–Crippen LogP) is 8.92. The highest BCUT2D eigenvalue weighted by Crippen LogP contribution is 2.53. The van der Waals surface area contributed by atoms with Crippen molar-refractivity contribution in [3.05, 3.63) is 155 Å². The highest BCUT2D eigenvalue weighted by molar-refractivity contribution is 9.10. The first-order chi connectivity index (χ1) is 29.0. The van der Waals surface area contributed by atoms with Gasteiger partial charge in [-0.2, -0.15) is 0 Å².